The molecule has 0 spiro atoms. The zero-order valence-corrected chi connectivity index (χ0v) is 17.2. The van der Waals surface area contributed by atoms with Crippen LogP contribution in [-0.2, 0) is 6.42 Å². The van der Waals surface area contributed by atoms with Gasteiger partial charge < -0.3 is 15.0 Å². The number of anilines is 1. The molecule has 6 nitrogen and oxygen atoms in total. The van der Waals surface area contributed by atoms with E-state index in [2.05, 4.69) is 27.6 Å². The maximum Gasteiger partial charge on any atom is 0.321 e. The quantitative estimate of drug-likeness (QED) is 0.673. The van der Waals surface area contributed by atoms with E-state index in [9.17, 15) is 4.79 Å². The molecule has 2 amide bonds. The maximum absolute atomic E-state index is 12.7. The van der Waals surface area contributed by atoms with Crippen molar-refractivity contribution < 1.29 is 9.53 Å². The molecule has 1 aliphatic heterocycles. The summed E-state index contributed by atoms with van der Waals surface area (Å²) in [7, 11) is 1.63. The minimum Gasteiger partial charge on any atom is -0.497 e. The summed E-state index contributed by atoms with van der Waals surface area (Å²) < 4.78 is 5.16. The first-order chi connectivity index (χ1) is 14.2. The Labute approximate surface area is 174 Å². The minimum absolute atomic E-state index is 0.0751. The smallest absolute Gasteiger partial charge is 0.321 e. The lowest BCUT2D eigenvalue weighted by atomic mass is 9.99. The van der Waals surface area contributed by atoms with Crippen molar-refractivity contribution in [3.05, 3.63) is 70.2 Å². The third-order valence-electron chi connectivity index (χ3n) is 5.08. The van der Waals surface area contributed by atoms with Crippen molar-refractivity contribution in [3.8, 4) is 5.75 Å². The highest BCUT2D eigenvalue weighted by Gasteiger charge is 2.27. The Morgan fingerprint density at radius 2 is 1.97 bits per heavy atom. The lowest BCUT2D eigenvalue weighted by Gasteiger charge is -2.31. The predicted molar refractivity (Wildman–Crippen MR) is 115 cm³/mol. The number of amides is 2. The number of aromatic nitrogens is 2. The van der Waals surface area contributed by atoms with Crippen molar-refractivity contribution in [1.29, 1.82) is 0 Å². The fourth-order valence-electron chi connectivity index (χ4n) is 3.51. The molecular formula is C22H24N4O2S. The lowest BCUT2D eigenvalue weighted by Crippen LogP contribution is -2.41. The van der Waals surface area contributed by atoms with Crippen LogP contribution in [0.1, 0.15) is 34.3 Å². The van der Waals surface area contributed by atoms with Crippen molar-refractivity contribution in [2.24, 2.45) is 0 Å². The fraction of sp³-hybridized carbons (Fsp3) is 0.318. The minimum atomic E-state index is -0.0751. The van der Waals surface area contributed by atoms with E-state index in [1.165, 1.54) is 5.56 Å². The second-order valence-corrected chi connectivity index (χ2v) is 8.23. The van der Waals surface area contributed by atoms with Gasteiger partial charge in [-0.1, -0.05) is 30.3 Å². The first-order valence-corrected chi connectivity index (χ1v) is 10.6. The Morgan fingerprint density at radius 1 is 1.17 bits per heavy atom. The molecule has 0 aliphatic carbocycles. The van der Waals surface area contributed by atoms with Crippen LogP contribution in [0.25, 0.3) is 0 Å². The third kappa shape index (κ3) is 4.92. The number of ether oxygens (including phenoxy) is 1. The van der Waals surface area contributed by atoms with Gasteiger partial charge in [0.05, 0.1) is 7.11 Å². The van der Waals surface area contributed by atoms with E-state index in [0.29, 0.717) is 6.54 Å². The number of likely N-dealkylation sites (tertiary alicyclic amines) is 1. The molecular weight excluding hydrogens is 384 g/mol. The standard InChI is InChI=1S/C22H24N4O2S/c1-28-19-11-9-18(10-12-19)23-22(27)26-13-5-8-17(15-26)21-25-24-20(29-21)14-16-6-3-2-4-7-16/h2-4,6-7,9-12,17H,5,8,13-15H2,1H3,(H,23,27). The van der Waals surface area contributed by atoms with Crippen molar-refractivity contribution >= 4 is 23.1 Å². The van der Waals surface area contributed by atoms with E-state index >= 15 is 0 Å². The zero-order chi connectivity index (χ0) is 20.1. The Hall–Kier alpha value is -2.93. The molecule has 1 unspecified atom stereocenters. The molecule has 0 saturated carbocycles. The highest BCUT2D eigenvalue weighted by Crippen LogP contribution is 2.30. The van der Waals surface area contributed by atoms with Gasteiger partial charge in [0.2, 0.25) is 0 Å². The van der Waals surface area contributed by atoms with Gasteiger partial charge in [0.25, 0.3) is 0 Å². The van der Waals surface area contributed by atoms with Crippen molar-refractivity contribution in [2.75, 3.05) is 25.5 Å². The topological polar surface area (TPSA) is 67.3 Å². The van der Waals surface area contributed by atoms with Crippen LogP contribution in [0.15, 0.2) is 54.6 Å². The summed E-state index contributed by atoms with van der Waals surface area (Å²) >= 11 is 1.66. The SMILES string of the molecule is COc1ccc(NC(=O)N2CCCC(c3nnc(Cc4ccccc4)s3)C2)cc1. The normalized spacial score (nSPS) is 16.4. The zero-order valence-electron chi connectivity index (χ0n) is 16.4. The summed E-state index contributed by atoms with van der Waals surface area (Å²) in [5.74, 6) is 1.01. The number of piperidine rings is 1. The summed E-state index contributed by atoms with van der Waals surface area (Å²) in [4.78, 5) is 14.6. The molecule has 0 radical (unpaired) electrons. The van der Waals surface area contributed by atoms with Crippen LogP contribution in [0.4, 0.5) is 10.5 Å². The van der Waals surface area contributed by atoms with Crippen LogP contribution in [0.3, 0.4) is 0 Å². The molecule has 1 N–H and O–H groups in total. The van der Waals surface area contributed by atoms with Crippen LogP contribution in [0, 0.1) is 0 Å². The first-order valence-electron chi connectivity index (χ1n) is 9.77. The summed E-state index contributed by atoms with van der Waals surface area (Å²) in [5, 5.41) is 13.8. The molecule has 150 valence electrons. The van der Waals surface area contributed by atoms with Gasteiger partial charge in [0, 0.05) is 31.1 Å². The van der Waals surface area contributed by atoms with Crippen molar-refractivity contribution in [2.45, 2.75) is 25.2 Å². The predicted octanol–water partition coefficient (Wildman–Crippen LogP) is 4.55. The number of nitrogens with one attached hydrogen (secondary N) is 1. The van der Waals surface area contributed by atoms with Crippen LogP contribution in [-0.4, -0.2) is 41.3 Å². The molecule has 1 aliphatic rings. The average Bonchev–Trinajstić information content (AvgIpc) is 3.23. The lowest BCUT2D eigenvalue weighted by molar-refractivity contribution is 0.192. The monoisotopic (exact) mass is 408 g/mol. The number of carbonyl (C=O) groups is 1. The van der Waals surface area contributed by atoms with E-state index in [1.54, 1.807) is 18.4 Å². The Bertz CT molecular complexity index is 943. The number of urea groups is 1. The number of methoxy groups -OCH3 is 1. The fourth-order valence-corrected chi connectivity index (χ4v) is 4.52. The van der Waals surface area contributed by atoms with E-state index in [1.807, 2.05) is 47.4 Å². The molecule has 2 heterocycles. The van der Waals surface area contributed by atoms with Gasteiger partial charge in [0.15, 0.2) is 0 Å². The van der Waals surface area contributed by atoms with Gasteiger partial charge >= 0.3 is 6.03 Å². The number of hydrogen-bond acceptors (Lipinski definition) is 5. The largest absolute Gasteiger partial charge is 0.497 e. The highest BCUT2D eigenvalue weighted by atomic mass is 32.1. The molecule has 7 heteroatoms. The van der Waals surface area contributed by atoms with Gasteiger partial charge in [-0.25, -0.2) is 4.79 Å². The van der Waals surface area contributed by atoms with Gasteiger partial charge in [0.1, 0.15) is 15.8 Å². The number of carbonyl (C=O) groups excluding carboxylic acids is 1. The molecule has 1 fully saturated rings. The Morgan fingerprint density at radius 3 is 2.72 bits per heavy atom. The third-order valence-corrected chi connectivity index (χ3v) is 6.17. The van der Waals surface area contributed by atoms with E-state index in [0.717, 1.165) is 47.3 Å². The number of hydrogen-bond donors (Lipinski definition) is 1. The van der Waals surface area contributed by atoms with Gasteiger partial charge in [-0.05, 0) is 42.7 Å². The number of nitrogens with zero attached hydrogens (tertiary/aromatic N) is 3. The second kappa shape index (κ2) is 9.05. The van der Waals surface area contributed by atoms with E-state index in [4.69, 9.17) is 4.74 Å². The molecule has 29 heavy (non-hydrogen) atoms. The Balaban J connectivity index is 1.37. The van der Waals surface area contributed by atoms with Gasteiger partial charge in [-0.2, -0.15) is 0 Å². The van der Waals surface area contributed by atoms with Crippen LogP contribution in [0.2, 0.25) is 0 Å². The maximum atomic E-state index is 12.7. The first kappa shape index (κ1) is 19.4. The molecule has 1 saturated heterocycles. The van der Waals surface area contributed by atoms with Gasteiger partial charge in [-0.15, -0.1) is 21.5 Å². The number of rotatable bonds is 5. The van der Waals surface area contributed by atoms with Gasteiger partial charge in [-0.3, -0.25) is 0 Å². The summed E-state index contributed by atoms with van der Waals surface area (Å²) in [6, 6.07) is 17.6. The number of benzene rings is 2. The van der Waals surface area contributed by atoms with E-state index < -0.39 is 0 Å². The summed E-state index contributed by atoms with van der Waals surface area (Å²) in [6.45, 7) is 1.43. The molecule has 0 bridgehead atoms. The Kier molecular flexibility index (Phi) is 6.05. The second-order valence-electron chi connectivity index (χ2n) is 7.14. The molecule has 1 aromatic heterocycles. The summed E-state index contributed by atoms with van der Waals surface area (Å²) in [5.41, 5.74) is 2.00. The van der Waals surface area contributed by atoms with E-state index in [-0.39, 0.29) is 11.9 Å². The molecule has 3 aromatic rings. The van der Waals surface area contributed by atoms with Crippen molar-refractivity contribution in [3.63, 3.8) is 0 Å². The molecule has 2 aromatic carbocycles. The highest BCUT2D eigenvalue weighted by molar-refractivity contribution is 7.11. The van der Waals surface area contributed by atoms with Crippen LogP contribution in [0.5, 0.6) is 5.75 Å². The average molecular weight is 409 g/mol. The molecule has 4 rings (SSSR count). The summed E-state index contributed by atoms with van der Waals surface area (Å²) in [6.07, 6.45) is 2.80. The van der Waals surface area contributed by atoms with Crippen LogP contribution < -0.4 is 10.1 Å². The van der Waals surface area contributed by atoms with Crippen LogP contribution >= 0.6 is 11.3 Å². The van der Waals surface area contributed by atoms with Crippen molar-refractivity contribution in [1.82, 2.24) is 15.1 Å². The molecule has 1 atom stereocenters.